The molecule has 134 valence electrons. The number of ether oxygens (including phenoxy) is 2. The molecule has 1 heterocycles. The predicted molar refractivity (Wildman–Crippen MR) is 91.5 cm³/mol. The number of rotatable bonds is 9. The second kappa shape index (κ2) is 8.93. The molecule has 0 saturated carbocycles. The van der Waals surface area contributed by atoms with Crippen molar-refractivity contribution in [1.82, 2.24) is 4.57 Å². The number of nitrogens with zero attached hydrogens (tertiary/aromatic N) is 2. The molecule has 8 nitrogen and oxygen atoms in total. The van der Waals surface area contributed by atoms with Crippen LogP contribution in [-0.2, 0) is 20.8 Å². The van der Waals surface area contributed by atoms with Crippen LogP contribution in [0.15, 0.2) is 35.1 Å². The van der Waals surface area contributed by atoms with Crippen LogP contribution >= 0.6 is 0 Å². The van der Waals surface area contributed by atoms with Gasteiger partial charge >= 0.3 is 5.97 Å². The van der Waals surface area contributed by atoms with Crippen molar-refractivity contribution in [3.8, 4) is 0 Å². The molecular weight excluding hydrogens is 328 g/mol. The zero-order valence-corrected chi connectivity index (χ0v) is 14.0. The molecule has 1 aromatic carbocycles. The lowest BCUT2D eigenvalue weighted by Gasteiger charge is -2.10. The van der Waals surface area contributed by atoms with E-state index in [2.05, 4.69) is 6.92 Å². The summed E-state index contributed by atoms with van der Waals surface area (Å²) in [5.41, 5.74) is -0.0174. The molecule has 0 aliphatic carbocycles. The van der Waals surface area contributed by atoms with Gasteiger partial charge in [-0.3, -0.25) is 24.3 Å². The number of aromatic nitrogens is 1. The smallest absolute Gasteiger partial charge is 0.326 e. The molecule has 0 atom stereocenters. The van der Waals surface area contributed by atoms with Crippen LogP contribution in [0.25, 0.3) is 10.9 Å². The lowest BCUT2D eigenvalue weighted by atomic mass is 10.2. The fraction of sp³-hybridized carbons (Fsp3) is 0.412. The minimum absolute atomic E-state index is 0.0792. The summed E-state index contributed by atoms with van der Waals surface area (Å²) in [5, 5.41) is 11.3. The van der Waals surface area contributed by atoms with Crippen LogP contribution in [0, 0.1) is 10.1 Å². The Kier molecular flexibility index (Phi) is 6.64. The topological polar surface area (TPSA) is 101 Å². The first-order valence-corrected chi connectivity index (χ1v) is 8.04. The summed E-state index contributed by atoms with van der Waals surface area (Å²) >= 11 is 0. The van der Waals surface area contributed by atoms with Gasteiger partial charge in [-0.25, -0.2) is 0 Å². The van der Waals surface area contributed by atoms with Gasteiger partial charge in [0.25, 0.3) is 11.2 Å². The van der Waals surface area contributed by atoms with E-state index < -0.39 is 10.9 Å². The summed E-state index contributed by atoms with van der Waals surface area (Å²) in [5.74, 6) is -0.563. The summed E-state index contributed by atoms with van der Waals surface area (Å²) in [6.07, 6.45) is 1.98. The van der Waals surface area contributed by atoms with Gasteiger partial charge < -0.3 is 9.47 Å². The van der Waals surface area contributed by atoms with Crippen molar-refractivity contribution in [2.75, 3.05) is 19.8 Å². The monoisotopic (exact) mass is 348 g/mol. The molecule has 0 fully saturated rings. The van der Waals surface area contributed by atoms with E-state index in [4.69, 9.17) is 9.47 Å². The first-order chi connectivity index (χ1) is 12.0. The molecule has 25 heavy (non-hydrogen) atoms. The van der Waals surface area contributed by atoms with Crippen LogP contribution in [0.1, 0.15) is 19.8 Å². The average Bonchev–Trinajstić information content (AvgIpc) is 2.60. The molecule has 0 N–H and O–H groups in total. The number of hydrogen-bond donors (Lipinski definition) is 0. The molecule has 1 aromatic heterocycles. The Labute approximate surface area is 144 Å². The number of esters is 1. The summed E-state index contributed by atoms with van der Waals surface area (Å²) in [6, 6.07) is 6.88. The Bertz CT molecular complexity index is 814. The van der Waals surface area contributed by atoms with Crippen molar-refractivity contribution in [3.05, 3.63) is 50.8 Å². The van der Waals surface area contributed by atoms with Crippen LogP contribution < -0.4 is 5.56 Å². The number of hydrogen-bond acceptors (Lipinski definition) is 6. The van der Waals surface area contributed by atoms with Gasteiger partial charge in [0.2, 0.25) is 0 Å². The lowest BCUT2D eigenvalue weighted by molar-refractivity contribution is -0.384. The molecule has 0 amide bonds. The molecule has 2 rings (SSSR count). The van der Waals surface area contributed by atoms with Gasteiger partial charge in [-0.15, -0.1) is 0 Å². The zero-order valence-electron chi connectivity index (χ0n) is 14.0. The van der Waals surface area contributed by atoms with Crippen molar-refractivity contribution >= 4 is 22.6 Å². The Morgan fingerprint density at radius 1 is 1.20 bits per heavy atom. The number of nitro benzene ring substituents is 1. The number of nitro groups is 1. The number of carbonyl (C=O) groups is 1. The highest BCUT2D eigenvalue weighted by molar-refractivity contribution is 5.82. The quantitative estimate of drug-likeness (QED) is 0.298. The largest absolute Gasteiger partial charge is 0.462 e. The Morgan fingerprint density at radius 3 is 2.72 bits per heavy atom. The first-order valence-electron chi connectivity index (χ1n) is 8.04. The van der Waals surface area contributed by atoms with E-state index in [1.54, 1.807) is 0 Å². The Morgan fingerprint density at radius 2 is 2.00 bits per heavy atom. The van der Waals surface area contributed by atoms with Crippen molar-refractivity contribution in [1.29, 1.82) is 0 Å². The number of fused-ring (bicyclic) bond motifs is 1. The van der Waals surface area contributed by atoms with E-state index in [1.807, 2.05) is 0 Å². The highest BCUT2D eigenvalue weighted by Crippen LogP contribution is 2.19. The minimum atomic E-state index is -0.563. The van der Waals surface area contributed by atoms with Crippen LogP contribution in [0.5, 0.6) is 0 Å². The maximum Gasteiger partial charge on any atom is 0.326 e. The molecule has 0 bridgehead atoms. The van der Waals surface area contributed by atoms with Crippen LogP contribution in [0.3, 0.4) is 0 Å². The Hall–Kier alpha value is -2.74. The molecule has 0 radical (unpaired) electrons. The summed E-state index contributed by atoms with van der Waals surface area (Å²) in [4.78, 5) is 34.3. The number of pyridine rings is 1. The average molecular weight is 348 g/mol. The molecule has 0 aliphatic heterocycles. The Balaban J connectivity index is 2.04. The third-order valence-corrected chi connectivity index (χ3v) is 3.60. The predicted octanol–water partition coefficient (Wildman–Crippen LogP) is 2.27. The molecule has 8 heteroatoms. The summed E-state index contributed by atoms with van der Waals surface area (Å²) in [7, 11) is 0. The second-order valence-electron chi connectivity index (χ2n) is 5.44. The van der Waals surface area contributed by atoms with Crippen molar-refractivity contribution in [3.63, 3.8) is 0 Å². The van der Waals surface area contributed by atoms with E-state index in [1.165, 1.54) is 34.9 Å². The molecule has 2 aromatic rings. The van der Waals surface area contributed by atoms with E-state index in [-0.39, 0.29) is 24.4 Å². The van der Waals surface area contributed by atoms with E-state index in [0.29, 0.717) is 24.1 Å². The maximum atomic E-state index is 12.0. The highest BCUT2D eigenvalue weighted by Gasteiger charge is 2.12. The minimum Gasteiger partial charge on any atom is -0.462 e. The third kappa shape index (κ3) is 5.12. The van der Waals surface area contributed by atoms with E-state index >= 15 is 0 Å². The molecular formula is C17H20N2O6. The van der Waals surface area contributed by atoms with E-state index in [0.717, 1.165) is 12.8 Å². The summed E-state index contributed by atoms with van der Waals surface area (Å²) in [6.45, 7) is 2.84. The second-order valence-corrected chi connectivity index (χ2v) is 5.44. The lowest BCUT2D eigenvalue weighted by Crippen LogP contribution is -2.25. The van der Waals surface area contributed by atoms with Crippen molar-refractivity contribution < 1.29 is 19.2 Å². The number of non-ortho nitro benzene ring substituents is 1. The molecule has 0 aliphatic rings. The van der Waals surface area contributed by atoms with E-state index in [9.17, 15) is 19.7 Å². The van der Waals surface area contributed by atoms with Crippen LogP contribution in [0.4, 0.5) is 5.69 Å². The van der Waals surface area contributed by atoms with Gasteiger partial charge in [0.1, 0.15) is 13.2 Å². The van der Waals surface area contributed by atoms with Crippen LogP contribution in [0.2, 0.25) is 0 Å². The van der Waals surface area contributed by atoms with Gasteiger partial charge in [0.05, 0.1) is 17.0 Å². The van der Waals surface area contributed by atoms with Gasteiger partial charge in [-0.05, 0) is 18.6 Å². The van der Waals surface area contributed by atoms with Gasteiger partial charge in [0, 0.05) is 30.2 Å². The normalized spacial score (nSPS) is 10.8. The van der Waals surface area contributed by atoms with Crippen LogP contribution in [-0.4, -0.2) is 35.3 Å². The van der Waals surface area contributed by atoms with Crippen molar-refractivity contribution in [2.45, 2.75) is 26.3 Å². The zero-order chi connectivity index (χ0) is 18.2. The number of carbonyl (C=O) groups excluding carboxylic acids is 1. The third-order valence-electron chi connectivity index (χ3n) is 3.60. The molecule has 0 saturated heterocycles. The fourth-order valence-electron chi connectivity index (χ4n) is 2.31. The van der Waals surface area contributed by atoms with Gasteiger partial charge in [-0.2, -0.15) is 0 Å². The molecule has 0 unspecified atom stereocenters. The number of benzene rings is 1. The standard InChI is InChI=1S/C17H20N2O6/c1-2-3-8-24-9-10-25-17(21)12-18-15-6-5-14(19(22)23)11-13(15)4-7-16(18)20/h4-7,11H,2-3,8-10,12H2,1H3. The molecule has 0 spiro atoms. The highest BCUT2D eigenvalue weighted by atomic mass is 16.6. The van der Waals surface area contributed by atoms with Crippen molar-refractivity contribution in [2.24, 2.45) is 0 Å². The fourth-order valence-corrected chi connectivity index (χ4v) is 2.31. The summed E-state index contributed by atoms with van der Waals surface area (Å²) < 4.78 is 11.6. The van der Waals surface area contributed by atoms with Gasteiger partial charge in [0.15, 0.2) is 0 Å². The number of unbranched alkanes of at least 4 members (excludes halogenated alkanes) is 1. The maximum absolute atomic E-state index is 12.0. The van der Waals surface area contributed by atoms with Gasteiger partial charge in [-0.1, -0.05) is 13.3 Å². The SMILES string of the molecule is CCCCOCCOC(=O)Cn1c(=O)ccc2cc([N+](=O)[O-])ccc21. The first kappa shape index (κ1) is 18.6.